The Labute approximate surface area is 331 Å². The van der Waals surface area contributed by atoms with Crippen LogP contribution in [0.3, 0.4) is 0 Å². The number of carbonyl (C=O) groups excluding carboxylic acids is 1. The third-order valence-electron chi connectivity index (χ3n) is 11.3. The van der Waals surface area contributed by atoms with Crippen molar-refractivity contribution in [2.24, 2.45) is 21.8 Å². The van der Waals surface area contributed by atoms with Crippen molar-refractivity contribution in [1.82, 2.24) is 24.8 Å². The lowest BCUT2D eigenvalue weighted by Gasteiger charge is -2.29. The highest BCUT2D eigenvalue weighted by Gasteiger charge is 2.32. The molecular formula is C42H41N9O3S2. The molecule has 0 saturated heterocycles. The Morgan fingerprint density at radius 3 is 1.75 bits per heavy atom. The molecule has 2 aliphatic carbocycles. The number of carboxylic acid groups (broad SMARTS) is 1. The van der Waals surface area contributed by atoms with Crippen molar-refractivity contribution in [3.05, 3.63) is 92.2 Å². The van der Waals surface area contributed by atoms with Crippen LogP contribution < -0.4 is 10.6 Å². The molecule has 6 aromatic rings. The van der Waals surface area contributed by atoms with Gasteiger partial charge in [0.2, 0.25) is 5.91 Å². The SMILES string of the molecule is CC(C)N(C)C(=O)[C@H]1CCc2c(sc3ncnc(Nc4ccc5c(c4)C=NC5)c23)C1.O=C(O)[C@H]1CCc2c(sc3ncnc(Nc4ccc5c(c4)C=NC5)c23)C1. The molecule has 0 unspecified atom stereocenters. The molecule has 2 aromatic carbocycles. The average molecular weight is 784 g/mol. The topological polar surface area (TPSA) is 158 Å². The van der Waals surface area contributed by atoms with Crippen LogP contribution in [0.15, 0.2) is 59.0 Å². The Balaban J connectivity index is 0.000000148. The van der Waals surface area contributed by atoms with Gasteiger partial charge in [0, 0.05) is 52.6 Å². The minimum Gasteiger partial charge on any atom is -0.481 e. The van der Waals surface area contributed by atoms with Crippen LogP contribution in [-0.4, -0.2) is 67.3 Å². The van der Waals surface area contributed by atoms with Crippen LogP contribution in [-0.2, 0) is 48.4 Å². The number of nitrogens with one attached hydrogen (secondary N) is 2. The smallest absolute Gasteiger partial charge is 0.306 e. The highest BCUT2D eigenvalue weighted by Crippen LogP contribution is 2.42. The van der Waals surface area contributed by atoms with Gasteiger partial charge in [-0.2, -0.15) is 0 Å². The summed E-state index contributed by atoms with van der Waals surface area (Å²) in [5.41, 5.74) is 9.26. The lowest BCUT2D eigenvalue weighted by molar-refractivity contribution is -0.142. The number of carbonyl (C=O) groups is 2. The summed E-state index contributed by atoms with van der Waals surface area (Å²) in [6.45, 7) is 5.63. The van der Waals surface area contributed by atoms with Crippen molar-refractivity contribution in [2.45, 2.75) is 71.5 Å². The summed E-state index contributed by atoms with van der Waals surface area (Å²) in [4.78, 5) is 57.0. The second-order valence-corrected chi connectivity index (χ2v) is 17.3. The predicted molar refractivity (Wildman–Crippen MR) is 223 cm³/mol. The van der Waals surface area contributed by atoms with E-state index >= 15 is 0 Å². The number of benzene rings is 2. The minimum atomic E-state index is -0.711. The third kappa shape index (κ3) is 6.81. The number of nitrogens with zero attached hydrogens (tertiary/aromatic N) is 7. The fraction of sp³-hybridized carbons (Fsp3) is 0.333. The molecule has 14 heteroatoms. The van der Waals surface area contributed by atoms with E-state index in [0.29, 0.717) is 12.8 Å². The molecule has 0 radical (unpaired) electrons. The van der Waals surface area contributed by atoms with Crippen LogP contribution in [0, 0.1) is 11.8 Å². The van der Waals surface area contributed by atoms with Crippen LogP contribution in [0.5, 0.6) is 0 Å². The maximum absolute atomic E-state index is 12.8. The van der Waals surface area contributed by atoms with E-state index in [4.69, 9.17) is 0 Å². The van der Waals surface area contributed by atoms with E-state index in [9.17, 15) is 14.7 Å². The molecule has 10 rings (SSSR count). The van der Waals surface area contributed by atoms with Crippen molar-refractivity contribution >= 4 is 90.4 Å². The van der Waals surface area contributed by atoms with Crippen molar-refractivity contribution < 1.29 is 14.7 Å². The number of anilines is 4. The largest absolute Gasteiger partial charge is 0.481 e. The highest BCUT2D eigenvalue weighted by molar-refractivity contribution is 7.19. The van der Waals surface area contributed by atoms with Crippen LogP contribution >= 0.6 is 22.7 Å². The van der Waals surface area contributed by atoms with E-state index in [2.05, 4.69) is 84.7 Å². The number of carboxylic acids is 1. The molecule has 0 saturated carbocycles. The molecule has 3 N–H and O–H groups in total. The molecule has 2 aliphatic heterocycles. The van der Waals surface area contributed by atoms with Gasteiger partial charge in [0.05, 0.1) is 29.8 Å². The van der Waals surface area contributed by atoms with Crippen molar-refractivity contribution in [1.29, 1.82) is 0 Å². The lowest BCUT2D eigenvalue weighted by atomic mass is 9.86. The molecule has 284 valence electrons. The van der Waals surface area contributed by atoms with Gasteiger partial charge in [-0.25, -0.2) is 19.9 Å². The van der Waals surface area contributed by atoms with Gasteiger partial charge in [0.1, 0.15) is 34.0 Å². The van der Waals surface area contributed by atoms with Crippen molar-refractivity contribution in [2.75, 3.05) is 17.7 Å². The standard InChI is InChI=1S/C23H25N5OS.C19H16N4O2S/c1-13(2)28(3)23(29)14-5-7-18-19(9-14)30-22-20(18)21(25-12-26-22)27-17-6-4-15-10-24-11-16(15)8-17;24-19(25)10-2-4-14-15(6-10)26-18-16(14)17(21-9-22-18)23-13-3-1-11-7-20-8-12(11)5-13/h4,6,8,11-14H,5,7,9-10H2,1-3H3,(H,25,26,27);1,3,5,8-10H,2,4,6-7H2,(H,24,25)(H,21,22,23)/t14-;10-/m00/s1. The Kier molecular flexibility index (Phi) is 9.54. The predicted octanol–water partition coefficient (Wildman–Crippen LogP) is 7.90. The van der Waals surface area contributed by atoms with Crippen molar-refractivity contribution in [3.8, 4) is 0 Å². The Morgan fingerprint density at radius 2 is 1.25 bits per heavy atom. The molecule has 2 atom stereocenters. The molecule has 1 amide bonds. The molecule has 0 spiro atoms. The number of aliphatic imine (C=N–C) groups is 2. The summed E-state index contributed by atoms with van der Waals surface area (Å²) in [7, 11) is 1.91. The fourth-order valence-corrected chi connectivity index (χ4v) is 10.5. The summed E-state index contributed by atoms with van der Waals surface area (Å²) >= 11 is 3.29. The molecular weight excluding hydrogens is 743 g/mol. The second kappa shape index (κ2) is 14.8. The number of amides is 1. The molecule has 4 aromatic heterocycles. The van der Waals surface area contributed by atoms with E-state index in [1.54, 1.807) is 35.3 Å². The summed E-state index contributed by atoms with van der Waals surface area (Å²) in [6.07, 6.45) is 11.6. The normalized spacial score (nSPS) is 17.6. The van der Waals surface area contributed by atoms with E-state index < -0.39 is 5.97 Å². The lowest BCUT2D eigenvalue weighted by Crippen LogP contribution is -2.39. The van der Waals surface area contributed by atoms with E-state index in [1.807, 2.05) is 30.4 Å². The third-order valence-corrected chi connectivity index (χ3v) is 13.6. The van der Waals surface area contributed by atoms with E-state index in [0.717, 1.165) is 98.2 Å². The first-order valence-electron chi connectivity index (χ1n) is 19.0. The Bertz CT molecular complexity index is 2590. The maximum Gasteiger partial charge on any atom is 0.306 e. The summed E-state index contributed by atoms with van der Waals surface area (Å²) in [6, 6.07) is 12.8. The van der Waals surface area contributed by atoms with Crippen molar-refractivity contribution in [3.63, 3.8) is 0 Å². The van der Waals surface area contributed by atoms with Crippen LogP contribution in [0.1, 0.15) is 69.8 Å². The summed E-state index contributed by atoms with van der Waals surface area (Å²) in [5, 5.41) is 18.4. The Hall–Kier alpha value is -5.60. The summed E-state index contributed by atoms with van der Waals surface area (Å²) in [5.74, 6) is 0.927. The van der Waals surface area contributed by atoms with Gasteiger partial charge in [0.25, 0.3) is 0 Å². The van der Waals surface area contributed by atoms with Gasteiger partial charge in [-0.3, -0.25) is 19.6 Å². The number of thiophene rings is 2. The van der Waals surface area contributed by atoms with Gasteiger partial charge < -0.3 is 20.6 Å². The first kappa shape index (κ1) is 36.1. The maximum atomic E-state index is 12.8. The first-order valence-corrected chi connectivity index (χ1v) is 20.6. The van der Waals surface area contributed by atoms with Gasteiger partial charge in [-0.15, -0.1) is 22.7 Å². The molecule has 6 heterocycles. The highest BCUT2D eigenvalue weighted by atomic mass is 32.1. The van der Waals surface area contributed by atoms with Gasteiger partial charge >= 0.3 is 5.97 Å². The number of aromatic nitrogens is 4. The van der Waals surface area contributed by atoms with Crippen LogP contribution in [0.4, 0.5) is 23.0 Å². The number of aliphatic carboxylic acids is 1. The monoisotopic (exact) mass is 783 g/mol. The fourth-order valence-electron chi connectivity index (χ4n) is 8.01. The number of hydrogen-bond donors (Lipinski definition) is 3. The number of rotatable bonds is 7. The number of hydrogen-bond acceptors (Lipinski definition) is 12. The minimum absolute atomic E-state index is 0.0540. The van der Waals surface area contributed by atoms with Gasteiger partial charge in [-0.1, -0.05) is 12.1 Å². The van der Waals surface area contributed by atoms with E-state index in [-0.39, 0.29) is 23.8 Å². The molecule has 12 nitrogen and oxygen atoms in total. The van der Waals surface area contributed by atoms with Gasteiger partial charge in [0.15, 0.2) is 0 Å². The Morgan fingerprint density at radius 1 is 0.750 bits per heavy atom. The van der Waals surface area contributed by atoms with Crippen LogP contribution in [0.25, 0.3) is 20.4 Å². The van der Waals surface area contributed by atoms with E-state index in [1.165, 1.54) is 27.1 Å². The zero-order valence-electron chi connectivity index (χ0n) is 31.4. The van der Waals surface area contributed by atoms with Gasteiger partial charge in [-0.05, 0) is 110 Å². The molecule has 0 fully saturated rings. The zero-order valence-corrected chi connectivity index (χ0v) is 33.0. The molecule has 56 heavy (non-hydrogen) atoms. The zero-order chi connectivity index (χ0) is 38.5. The average Bonchev–Trinajstić information content (AvgIpc) is 4.01. The molecule has 0 bridgehead atoms. The molecule has 4 aliphatic rings. The number of aryl methyl sites for hydroxylation is 2. The first-order chi connectivity index (χ1) is 27.2. The quantitative estimate of drug-likeness (QED) is 0.146. The summed E-state index contributed by atoms with van der Waals surface area (Å²) < 4.78 is 0. The second-order valence-electron chi connectivity index (χ2n) is 15.1. The van der Waals surface area contributed by atoms with Crippen LogP contribution in [0.2, 0.25) is 0 Å². The number of fused-ring (bicyclic) bond motifs is 8.